The fourth-order valence-corrected chi connectivity index (χ4v) is 2.81. The molecule has 1 aliphatic rings. The third kappa shape index (κ3) is 3.09. The molecule has 2 rings (SSSR count). The van der Waals surface area contributed by atoms with Crippen molar-refractivity contribution in [3.63, 3.8) is 0 Å². The molecule has 1 aliphatic carbocycles. The fraction of sp³-hybridized carbons (Fsp3) is 0.571. The number of hydrogen-bond acceptors (Lipinski definition) is 3. The van der Waals surface area contributed by atoms with Gasteiger partial charge in [-0.25, -0.2) is 0 Å². The highest BCUT2D eigenvalue weighted by molar-refractivity contribution is 7.80. The van der Waals surface area contributed by atoms with Crippen LogP contribution in [0.2, 0.25) is 0 Å². The van der Waals surface area contributed by atoms with Crippen LogP contribution >= 0.6 is 12.6 Å². The van der Waals surface area contributed by atoms with Crippen molar-refractivity contribution >= 4 is 12.6 Å². The molecule has 94 valence electrons. The maximum Gasteiger partial charge on any atom is 0.123 e. The van der Waals surface area contributed by atoms with Gasteiger partial charge in [-0.15, -0.1) is 0 Å². The molecular weight excluding hydrogens is 232 g/mol. The van der Waals surface area contributed by atoms with Crippen LogP contribution in [-0.2, 0) is 0 Å². The first kappa shape index (κ1) is 12.6. The minimum absolute atomic E-state index is 0.284. The van der Waals surface area contributed by atoms with Crippen molar-refractivity contribution in [2.45, 2.75) is 25.7 Å². The molecule has 2 nitrogen and oxygen atoms in total. The van der Waals surface area contributed by atoms with E-state index < -0.39 is 0 Å². The predicted octanol–water partition coefficient (Wildman–Crippen LogP) is 3.56. The van der Waals surface area contributed by atoms with Crippen molar-refractivity contribution < 1.29 is 9.47 Å². The Morgan fingerprint density at radius 1 is 1.24 bits per heavy atom. The molecule has 3 heteroatoms. The largest absolute Gasteiger partial charge is 0.497 e. The van der Waals surface area contributed by atoms with Crippen molar-refractivity contribution in [3.8, 4) is 11.5 Å². The lowest BCUT2D eigenvalue weighted by atomic mass is 9.90. The molecule has 0 heterocycles. The second-order valence-electron chi connectivity index (χ2n) is 4.83. The zero-order chi connectivity index (χ0) is 12.1. The Bertz CT molecular complexity index is 359. The minimum atomic E-state index is 0.284. The van der Waals surface area contributed by atoms with E-state index in [1.165, 1.54) is 25.7 Å². The van der Waals surface area contributed by atoms with Crippen LogP contribution < -0.4 is 9.47 Å². The number of rotatable bonds is 5. The highest BCUT2D eigenvalue weighted by atomic mass is 32.1. The summed E-state index contributed by atoms with van der Waals surface area (Å²) in [5.74, 6) is 2.64. The van der Waals surface area contributed by atoms with E-state index in [-0.39, 0.29) is 5.41 Å². The Morgan fingerprint density at radius 2 is 1.94 bits per heavy atom. The first-order chi connectivity index (χ1) is 8.28. The molecule has 0 bridgehead atoms. The van der Waals surface area contributed by atoms with Crippen molar-refractivity contribution in [1.29, 1.82) is 0 Å². The topological polar surface area (TPSA) is 18.5 Å². The van der Waals surface area contributed by atoms with Crippen molar-refractivity contribution in [2.75, 3.05) is 19.5 Å². The summed E-state index contributed by atoms with van der Waals surface area (Å²) in [5.41, 5.74) is 0.284. The number of thiol groups is 1. The molecule has 0 unspecified atom stereocenters. The summed E-state index contributed by atoms with van der Waals surface area (Å²) in [5, 5.41) is 0. The van der Waals surface area contributed by atoms with Gasteiger partial charge in [0, 0.05) is 11.5 Å². The van der Waals surface area contributed by atoms with Crippen molar-refractivity contribution in [2.24, 2.45) is 5.41 Å². The van der Waals surface area contributed by atoms with E-state index in [0.29, 0.717) is 0 Å². The van der Waals surface area contributed by atoms with Gasteiger partial charge in [0.25, 0.3) is 0 Å². The minimum Gasteiger partial charge on any atom is -0.497 e. The maximum absolute atomic E-state index is 5.90. The van der Waals surface area contributed by atoms with Gasteiger partial charge in [-0.05, 0) is 30.7 Å². The Hall–Kier alpha value is -0.830. The molecule has 17 heavy (non-hydrogen) atoms. The van der Waals surface area contributed by atoms with Crippen LogP contribution in [0.5, 0.6) is 11.5 Å². The molecule has 0 amide bonds. The first-order valence-electron chi connectivity index (χ1n) is 6.16. The second-order valence-corrected chi connectivity index (χ2v) is 5.15. The van der Waals surface area contributed by atoms with Crippen molar-refractivity contribution in [3.05, 3.63) is 24.3 Å². The molecule has 1 aromatic rings. The molecule has 0 N–H and O–H groups in total. The van der Waals surface area contributed by atoms with E-state index in [9.17, 15) is 0 Å². The van der Waals surface area contributed by atoms with Gasteiger partial charge >= 0.3 is 0 Å². The summed E-state index contributed by atoms with van der Waals surface area (Å²) < 4.78 is 11.1. The number of hydrogen-bond donors (Lipinski definition) is 1. The maximum atomic E-state index is 5.90. The molecule has 0 aliphatic heterocycles. The van der Waals surface area contributed by atoms with Crippen LogP contribution in [-0.4, -0.2) is 19.5 Å². The summed E-state index contributed by atoms with van der Waals surface area (Å²) in [6, 6.07) is 7.79. The standard InChI is InChI=1S/C14H20O2S/c1-15-12-5-4-6-13(9-12)16-10-14(11-17)7-2-3-8-14/h4-6,9,17H,2-3,7-8,10-11H2,1H3. The molecule has 1 aromatic carbocycles. The average molecular weight is 252 g/mol. The van der Waals surface area contributed by atoms with Crippen LogP contribution in [0, 0.1) is 5.41 Å². The summed E-state index contributed by atoms with van der Waals surface area (Å²) in [4.78, 5) is 0. The van der Waals surface area contributed by atoms with E-state index in [1.54, 1.807) is 7.11 Å². The van der Waals surface area contributed by atoms with Gasteiger partial charge in [0.2, 0.25) is 0 Å². The SMILES string of the molecule is COc1cccc(OCC2(CS)CCCC2)c1. The molecule has 0 radical (unpaired) electrons. The Morgan fingerprint density at radius 3 is 2.59 bits per heavy atom. The Labute approximate surface area is 109 Å². The normalized spacial score (nSPS) is 18.0. The zero-order valence-electron chi connectivity index (χ0n) is 10.3. The number of benzene rings is 1. The Kier molecular flexibility index (Phi) is 4.21. The van der Waals surface area contributed by atoms with Gasteiger partial charge in [0.05, 0.1) is 13.7 Å². The van der Waals surface area contributed by atoms with Gasteiger partial charge in [0.15, 0.2) is 0 Å². The molecule has 0 atom stereocenters. The smallest absolute Gasteiger partial charge is 0.123 e. The molecular formula is C14H20O2S. The Balaban J connectivity index is 1.96. The molecule has 0 spiro atoms. The molecule has 0 aromatic heterocycles. The predicted molar refractivity (Wildman–Crippen MR) is 73.2 cm³/mol. The van der Waals surface area contributed by atoms with Crippen LogP contribution in [0.15, 0.2) is 24.3 Å². The molecule has 0 saturated heterocycles. The molecule has 1 saturated carbocycles. The highest BCUT2D eigenvalue weighted by Crippen LogP contribution is 2.39. The first-order valence-corrected chi connectivity index (χ1v) is 6.79. The summed E-state index contributed by atoms with van der Waals surface area (Å²) in [7, 11) is 1.67. The highest BCUT2D eigenvalue weighted by Gasteiger charge is 2.33. The van der Waals surface area contributed by atoms with Crippen LogP contribution in [0.1, 0.15) is 25.7 Å². The lowest BCUT2D eigenvalue weighted by Crippen LogP contribution is -2.27. The zero-order valence-corrected chi connectivity index (χ0v) is 11.2. The van der Waals surface area contributed by atoms with Crippen molar-refractivity contribution in [1.82, 2.24) is 0 Å². The van der Waals surface area contributed by atoms with E-state index in [0.717, 1.165) is 23.9 Å². The van der Waals surface area contributed by atoms with Gasteiger partial charge in [-0.3, -0.25) is 0 Å². The van der Waals surface area contributed by atoms with Gasteiger partial charge < -0.3 is 9.47 Å². The van der Waals surface area contributed by atoms with Crippen LogP contribution in [0.4, 0.5) is 0 Å². The third-order valence-electron chi connectivity index (χ3n) is 3.59. The van der Waals surface area contributed by atoms with E-state index in [4.69, 9.17) is 9.47 Å². The number of methoxy groups -OCH3 is 1. The van der Waals surface area contributed by atoms with E-state index in [1.807, 2.05) is 24.3 Å². The summed E-state index contributed by atoms with van der Waals surface area (Å²) in [6.07, 6.45) is 5.09. The lowest BCUT2D eigenvalue weighted by molar-refractivity contribution is 0.172. The van der Waals surface area contributed by atoms with E-state index >= 15 is 0 Å². The number of ether oxygens (including phenoxy) is 2. The third-order valence-corrected chi connectivity index (χ3v) is 4.26. The summed E-state index contributed by atoms with van der Waals surface area (Å²) >= 11 is 4.48. The monoisotopic (exact) mass is 252 g/mol. The van der Waals surface area contributed by atoms with Crippen LogP contribution in [0.3, 0.4) is 0 Å². The molecule has 1 fully saturated rings. The summed E-state index contributed by atoms with van der Waals surface area (Å²) in [6.45, 7) is 0.768. The van der Waals surface area contributed by atoms with Gasteiger partial charge in [-0.1, -0.05) is 18.9 Å². The lowest BCUT2D eigenvalue weighted by Gasteiger charge is -2.26. The second kappa shape index (κ2) is 5.67. The van der Waals surface area contributed by atoms with E-state index in [2.05, 4.69) is 12.6 Å². The average Bonchev–Trinajstić information content (AvgIpc) is 2.86. The van der Waals surface area contributed by atoms with Gasteiger partial charge in [0.1, 0.15) is 11.5 Å². The van der Waals surface area contributed by atoms with Gasteiger partial charge in [-0.2, -0.15) is 12.6 Å². The van der Waals surface area contributed by atoms with Crippen LogP contribution in [0.25, 0.3) is 0 Å². The fourth-order valence-electron chi connectivity index (χ4n) is 2.40. The quantitative estimate of drug-likeness (QED) is 0.808.